The smallest absolute Gasteiger partial charge is 0.257 e. The van der Waals surface area contributed by atoms with E-state index in [4.69, 9.17) is 0 Å². The topological polar surface area (TPSA) is 74.3 Å². The molecule has 154 valence electrons. The molecule has 1 aromatic heterocycles. The van der Waals surface area contributed by atoms with Crippen LogP contribution in [0.1, 0.15) is 31.8 Å². The second kappa shape index (κ2) is 9.80. The summed E-state index contributed by atoms with van der Waals surface area (Å²) in [6, 6.07) is 16.5. The lowest BCUT2D eigenvalue weighted by molar-refractivity contribution is 0.102. The van der Waals surface area contributed by atoms with Gasteiger partial charge in [-0.3, -0.25) is 14.6 Å². The maximum atomic E-state index is 12.9. The molecule has 30 heavy (non-hydrogen) atoms. The molecule has 0 atom stereocenters. The quantitative estimate of drug-likeness (QED) is 0.626. The van der Waals surface area contributed by atoms with Crippen LogP contribution in [0.25, 0.3) is 0 Å². The van der Waals surface area contributed by atoms with E-state index < -0.39 is 0 Å². The summed E-state index contributed by atoms with van der Waals surface area (Å²) in [5.74, 6) is -0.559. The fraction of sp³-hybridized carbons (Fsp3) is 0.208. The number of carbonyl (C=O) groups is 2. The van der Waals surface area contributed by atoms with Crippen molar-refractivity contribution in [3.63, 3.8) is 0 Å². The fourth-order valence-electron chi connectivity index (χ4n) is 3.02. The Kier molecular flexibility index (Phi) is 6.93. The van der Waals surface area contributed by atoms with Gasteiger partial charge in [0.2, 0.25) is 0 Å². The average Bonchev–Trinajstić information content (AvgIpc) is 2.75. The predicted octanol–water partition coefficient (Wildman–Crippen LogP) is 4.00. The first-order chi connectivity index (χ1) is 14.4. The Balaban J connectivity index is 1.75. The van der Waals surface area contributed by atoms with E-state index in [1.807, 2.05) is 51.4 Å². The molecule has 0 radical (unpaired) electrons. The zero-order valence-corrected chi connectivity index (χ0v) is 17.5. The number of nitrogens with zero attached hydrogens (tertiary/aromatic N) is 2. The van der Waals surface area contributed by atoms with Crippen molar-refractivity contribution in [1.82, 2.24) is 9.88 Å². The highest BCUT2D eigenvalue weighted by atomic mass is 16.2. The zero-order valence-electron chi connectivity index (χ0n) is 17.5. The first-order valence-electron chi connectivity index (χ1n) is 9.80. The number of benzene rings is 2. The van der Waals surface area contributed by atoms with Crippen molar-refractivity contribution in [2.24, 2.45) is 0 Å². The molecule has 0 aliphatic carbocycles. The van der Waals surface area contributed by atoms with Gasteiger partial charge in [-0.1, -0.05) is 24.3 Å². The lowest BCUT2D eigenvalue weighted by Gasteiger charge is -2.14. The monoisotopic (exact) mass is 402 g/mol. The maximum Gasteiger partial charge on any atom is 0.257 e. The van der Waals surface area contributed by atoms with Gasteiger partial charge in [-0.2, -0.15) is 0 Å². The van der Waals surface area contributed by atoms with E-state index in [2.05, 4.69) is 20.5 Å². The lowest BCUT2D eigenvalue weighted by atomic mass is 10.1. The number of nitrogens with one attached hydrogen (secondary N) is 2. The Bertz CT molecular complexity index is 1020. The zero-order chi connectivity index (χ0) is 21.5. The van der Waals surface area contributed by atoms with Crippen LogP contribution in [0.2, 0.25) is 0 Å². The van der Waals surface area contributed by atoms with Gasteiger partial charge in [0.15, 0.2) is 0 Å². The third-order valence-corrected chi connectivity index (χ3v) is 4.76. The Labute approximate surface area is 177 Å². The van der Waals surface area contributed by atoms with Gasteiger partial charge in [-0.15, -0.1) is 0 Å². The SMILES string of the molecule is Cc1cccc(C(=O)Nc2ccc(CCN(C)C)cc2)c1NC(=O)c1ccncc1. The molecule has 6 nitrogen and oxygen atoms in total. The minimum atomic E-state index is -0.286. The van der Waals surface area contributed by atoms with Gasteiger partial charge in [0, 0.05) is 30.2 Å². The second-order valence-electron chi connectivity index (χ2n) is 7.39. The van der Waals surface area contributed by atoms with Crippen LogP contribution in [-0.4, -0.2) is 42.3 Å². The van der Waals surface area contributed by atoms with Gasteiger partial charge in [0.1, 0.15) is 0 Å². The molecule has 3 aromatic rings. The summed E-state index contributed by atoms with van der Waals surface area (Å²) in [7, 11) is 4.09. The van der Waals surface area contributed by atoms with Crippen LogP contribution < -0.4 is 10.6 Å². The second-order valence-corrected chi connectivity index (χ2v) is 7.39. The highest BCUT2D eigenvalue weighted by Crippen LogP contribution is 2.23. The normalized spacial score (nSPS) is 10.7. The van der Waals surface area contributed by atoms with E-state index >= 15 is 0 Å². The third-order valence-electron chi connectivity index (χ3n) is 4.76. The molecule has 6 heteroatoms. The van der Waals surface area contributed by atoms with Crippen LogP contribution in [0, 0.1) is 6.92 Å². The number of anilines is 2. The summed E-state index contributed by atoms with van der Waals surface area (Å²) in [6.45, 7) is 2.83. The largest absolute Gasteiger partial charge is 0.322 e. The summed E-state index contributed by atoms with van der Waals surface area (Å²) in [5, 5.41) is 5.79. The molecular formula is C24H26N4O2. The summed E-state index contributed by atoms with van der Waals surface area (Å²) in [4.78, 5) is 31.6. The van der Waals surface area contributed by atoms with Crippen molar-refractivity contribution in [1.29, 1.82) is 0 Å². The van der Waals surface area contributed by atoms with Gasteiger partial charge in [-0.05, 0) is 68.9 Å². The van der Waals surface area contributed by atoms with Gasteiger partial charge >= 0.3 is 0 Å². The minimum Gasteiger partial charge on any atom is -0.322 e. The number of rotatable bonds is 7. The molecular weight excluding hydrogens is 376 g/mol. The fourth-order valence-corrected chi connectivity index (χ4v) is 3.02. The van der Waals surface area contributed by atoms with E-state index in [0.717, 1.165) is 18.5 Å². The number of hydrogen-bond acceptors (Lipinski definition) is 4. The Morgan fingerprint density at radius 1 is 0.900 bits per heavy atom. The van der Waals surface area contributed by atoms with E-state index in [-0.39, 0.29) is 11.8 Å². The highest BCUT2D eigenvalue weighted by molar-refractivity contribution is 6.13. The number of aryl methyl sites for hydroxylation is 1. The molecule has 0 aliphatic rings. The van der Waals surface area contributed by atoms with Crippen LogP contribution in [0.4, 0.5) is 11.4 Å². The van der Waals surface area contributed by atoms with Crippen molar-refractivity contribution in [2.75, 3.05) is 31.3 Å². The van der Waals surface area contributed by atoms with Gasteiger partial charge in [0.25, 0.3) is 11.8 Å². The number of amides is 2. The molecule has 2 amide bonds. The summed E-state index contributed by atoms with van der Waals surface area (Å²) < 4.78 is 0. The Morgan fingerprint density at radius 2 is 1.60 bits per heavy atom. The Morgan fingerprint density at radius 3 is 2.27 bits per heavy atom. The first kappa shape index (κ1) is 21.2. The minimum absolute atomic E-state index is 0.273. The number of para-hydroxylation sites is 1. The number of carbonyl (C=O) groups excluding carboxylic acids is 2. The van der Waals surface area contributed by atoms with Crippen LogP contribution in [0.3, 0.4) is 0 Å². The molecule has 2 N–H and O–H groups in total. The van der Waals surface area contributed by atoms with E-state index in [0.29, 0.717) is 22.5 Å². The standard InChI is InChI=1S/C24H26N4O2/c1-17-5-4-6-21(22(17)27-23(29)19-11-14-25-15-12-19)24(30)26-20-9-7-18(8-10-20)13-16-28(2)3/h4-12,14-15H,13,16H2,1-3H3,(H,26,30)(H,27,29). The molecule has 0 fully saturated rings. The van der Waals surface area contributed by atoms with E-state index in [1.54, 1.807) is 36.7 Å². The first-order valence-corrected chi connectivity index (χ1v) is 9.80. The average molecular weight is 402 g/mol. The molecule has 3 rings (SSSR count). The van der Waals surface area contributed by atoms with Crippen molar-refractivity contribution in [3.8, 4) is 0 Å². The van der Waals surface area contributed by atoms with Crippen molar-refractivity contribution >= 4 is 23.2 Å². The van der Waals surface area contributed by atoms with Crippen LogP contribution in [-0.2, 0) is 6.42 Å². The van der Waals surface area contributed by atoms with Crippen LogP contribution in [0.15, 0.2) is 67.0 Å². The van der Waals surface area contributed by atoms with Crippen molar-refractivity contribution < 1.29 is 9.59 Å². The molecule has 2 aromatic carbocycles. The summed E-state index contributed by atoms with van der Waals surface area (Å²) in [6.07, 6.45) is 4.06. The van der Waals surface area contributed by atoms with Crippen molar-refractivity contribution in [2.45, 2.75) is 13.3 Å². The molecule has 0 aliphatic heterocycles. The van der Waals surface area contributed by atoms with E-state index in [9.17, 15) is 9.59 Å². The number of likely N-dealkylation sites (N-methyl/N-ethyl adjacent to an activating group) is 1. The van der Waals surface area contributed by atoms with Gasteiger partial charge in [-0.25, -0.2) is 0 Å². The molecule has 0 unspecified atom stereocenters. The molecule has 0 bridgehead atoms. The van der Waals surface area contributed by atoms with Crippen LogP contribution >= 0.6 is 0 Å². The number of aromatic nitrogens is 1. The summed E-state index contributed by atoms with van der Waals surface area (Å²) in [5.41, 5.74) is 4.12. The molecule has 0 saturated carbocycles. The van der Waals surface area contributed by atoms with Gasteiger partial charge < -0.3 is 15.5 Å². The number of pyridine rings is 1. The Hall–Kier alpha value is -3.51. The molecule has 1 heterocycles. The van der Waals surface area contributed by atoms with Crippen molar-refractivity contribution in [3.05, 3.63) is 89.2 Å². The summed E-state index contributed by atoms with van der Waals surface area (Å²) >= 11 is 0. The number of hydrogen-bond donors (Lipinski definition) is 2. The maximum absolute atomic E-state index is 12.9. The molecule has 0 spiro atoms. The molecule has 0 saturated heterocycles. The third kappa shape index (κ3) is 5.52. The predicted molar refractivity (Wildman–Crippen MR) is 120 cm³/mol. The highest BCUT2D eigenvalue weighted by Gasteiger charge is 2.16. The van der Waals surface area contributed by atoms with E-state index in [1.165, 1.54) is 5.56 Å². The van der Waals surface area contributed by atoms with Crippen LogP contribution in [0.5, 0.6) is 0 Å². The van der Waals surface area contributed by atoms with Gasteiger partial charge in [0.05, 0.1) is 11.3 Å². The lowest BCUT2D eigenvalue weighted by Crippen LogP contribution is -2.19.